The van der Waals surface area contributed by atoms with Crippen LogP contribution in [0.3, 0.4) is 0 Å². The first-order valence-corrected chi connectivity index (χ1v) is 10.8. The molecule has 0 aliphatic carbocycles. The van der Waals surface area contributed by atoms with Crippen LogP contribution in [0.15, 0.2) is 36.4 Å². The van der Waals surface area contributed by atoms with Gasteiger partial charge in [-0.05, 0) is 30.3 Å². The van der Waals surface area contributed by atoms with Crippen molar-refractivity contribution in [3.05, 3.63) is 63.6 Å². The van der Waals surface area contributed by atoms with E-state index in [1.165, 1.54) is 6.07 Å². The van der Waals surface area contributed by atoms with E-state index < -0.39 is 0 Å². The Bertz CT molecular complexity index is 1080. The van der Waals surface area contributed by atoms with Crippen molar-refractivity contribution >= 4 is 40.1 Å². The molecule has 1 fully saturated rings. The number of likely N-dealkylation sites (N-methyl/N-ethyl adjacent to an activating group) is 1. The van der Waals surface area contributed by atoms with Gasteiger partial charge in [-0.15, -0.1) is 0 Å². The lowest BCUT2D eigenvalue weighted by Crippen LogP contribution is -2.49. The molecule has 2 heterocycles. The second kappa shape index (κ2) is 8.92. The minimum absolute atomic E-state index is 0.0194. The van der Waals surface area contributed by atoms with E-state index in [0.29, 0.717) is 40.0 Å². The van der Waals surface area contributed by atoms with Gasteiger partial charge in [0.15, 0.2) is 0 Å². The van der Waals surface area contributed by atoms with Gasteiger partial charge >= 0.3 is 0 Å². The topological polar surface area (TPSA) is 41.4 Å². The van der Waals surface area contributed by atoms with Gasteiger partial charge in [0.05, 0.1) is 21.1 Å². The van der Waals surface area contributed by atoms with Crippen molar-refractivity contribution in [3.63, 3.8) is 0 Å². The predicted molar refractivity (Wildman–Crippen MR) is 118 cm³/mol. The van der Waals surface area contributed by atoms with Crippen molar-refractivity contribution in [1.82, 2.24) is 19.4 Å². The summed E-state index contributed by atoms with van der Waals surface area (Å²) in [7, 11) is 0. The van der Waals surface area contributed by atoms with Crippen LogP contribution >= 0.6 is 23.2 Å². The quantitative estimate of drug-likeness (QED) is 0.585. The fourth-order valence-corrected chi connectivity index (χ4v) is 4.16. The van der Waals surface area contributed by atoms with E-state index in [1.807, 2.05) is 9.47 Å². The highest BCUT2D eigenvalue weighted by molar-refractivity contribution is 6.42. The first-order chi connectivity index (χ1) is 14.5. The third-order valence-electron chi connectivity index (χ3n) is 5.64. The molecule has 0 radical (unpaired) electrons. The first-order valence-electron chi connectivity index (χ1n) is 10.0. The molecule has 3 aromatic rings. The van der Waals surface area contributed by atoms with E-state index in [9.17, 15) is 9.18 Å². The highest BCUT2D eigenvalue weighted by Gasteiger charge is 2.23. The summed E-state index contributed by atoms with van der Waals surface area (Å²) in [5.74, 6) is 0.328. The number of aromatic nitrogens is 2. The van der Waals surface area contributed by atoms with Crippen molar-refractivity contribution in [2.75, 3.05) is 32.7 Å². The van der Waals surface area contributed by atoms with Gasteiger partial charge in [0.1, 0.15) is 18.2 Å². The fourth-order valence-electron chi connectivity index (χ4n) is 3.84. The van der Waals surface area contributed by atoms with Gasteiger partial charge in [0, 0.05) is 32.6 Å². The molecule has 1 saturated heterocycles. The van der Waals surface area contributed by atoms with Gasteiger partial charge in [0.25, 0.3) is 0 Å². The molecular weight excluding hydrogens is 426 g/mol. The normalized spacial score (nSPS) is 15.1. The van der Waals surface area contributed by atoms with Gasteiger partial charge in [-0.2, -0.15) is 0 Å². The van der Waals surface area contributed by atoms with E-state index in [0.717, 1.165) is 25.2 Å². The number of carbonyl (C=O) groups excluding carboxylic acids is 1. The maximum atomic E-state index is 14.3. The van der Waals surface area contributed by atoms with Crippen LogP contribution in [0.5, 0.6) is 0 Å². The van der Waals surface area contributed by atoms with E-state index in [1.54, 1.807) is 30.3 Å². The van der Waals surface area contributed by atoms with Crippen molar-refractivity contribution in [2.45, 2.75) is 19.9 Å². The molecule has 158 valence electrons. The Hall–Kier alpha value is -2.15. The number of carbonyl (C=O) groups is 1. The molecule has 5 nitrogen and oxygen atoms in total. The summed E-state index contributed by atoms with van der Waals surface area (Å²) in [5, 5.41) is 0.792. The molecule has 1 aliphatic heterocycles. The molecule has 0 atom stereocenters. The lowest BCUT2D eigenvalue weighted by atomic mass is 10.1. The maximum absolute atomic E-state index is 14.3. The molecule has 8 heteroatoms. The van der Waals surface area contributed by atoms with E-state index in [4.69, 9.17) is 23.2 Å². The summed E-state index contributed by atoms with van der Waals surface area (Å²) in [6.07, 6.45) is 0.271. The Morgan fingerprint density at radius 1 is 1.10 bits per heavy atom. The molecule has 1 aromatic heterocycles. The molecule has 2 aromatic carbocycles. The maximum Gasteiger partial charge on any atom is 0.242 e. The first kappa shape index (κ1) is 21.1. The molecule has 30 heavy (non-hydrogen) atoms. The second-order valence-corrected chi connectivity index (χ2v) is 8.27. The Morgan fingerprint density at radius 3 is 2.50 bits per heavy atom. The Morgan fingerprint density at radius 2 is 1.80 bits per heavy atom. The molecule has 1 amide bonds. The van der Waals surface area contributed by atoms with Crippen molar-refractivity contribution in [2.24, 2.45) is 0 Å². The Kier molecular flexibility index (Phi) is 6.27. The predicted octanol–water partition coefficient (Wildman–Crippen LogP) is 4.24. The molecule has 1 aliphatic rings. The summed E-state index contributed by atoms with van der Waals surface area (Å²) in [6, 6.07) is 10.0. The molecule has 0 unspecified atom stereocenters. The lowest BCUT2D eigenvalue weighted by Gasteiger charge is -2.34. The highest BCUT2D eigenvalue weighted by Crippen LogP contribution is 2.29. The van der Waals surface area contributed by atoms with E-state index in [-0.39, 0.29) is 24.7 Å². The van der Waals surface area contributed by atoms with Gasteiger partial charge in [-0.1, -0.05) is 48.3 Å². The number of imidazole rings is 1. The molecule has 4 rings (SSSR count). The Labute approximate surface area is 185 Å². The number of rotatable bonds is 5. The van der Waals surface area contributed by atoms with Gasteiger partial charge in [0.2, 0.25) is 5.91 Å². The van der Waals surface area contributed by atoms with Crippen LogP contribution in [0.2, 0.25) is 10.0 Å². The molecule has 0 spiro atoms. The molecule has 0 bridgehead atoms. The van der Waals surface area contributed by atoms with Crippen LogP contribution in [-0.2, 0) is 17.8 Å². The van der Waals surface area contributed by atoms with Gasteiger partial charge in [-0.25, -0.2) is 9.37 Å². The third kappa shape index (κ3) is 4.31. The minimum atomic E-state index is -0.297. The molecule has 0 N–H and O–H groups in total. The van der Waals surface area contributed by atoms with Crippen LogP contribution in [0.1, 0.15) is 18.3 Å². The Balaban J connectivity index is 1.67. The zero-order valence-electron chi connectivity index (χ0n) is 16.7. The third-order valence-corrected chi connectivity index (χ3v) is 6.36. The zero-order valence-corrected chi connectivity index (χ0v) is 18.3. The average Bonchev–Trinajstić information content (AvgIpc) is 3.06. The van der Waals surface area contributed by atoms with Gasteiger partial charge in [-0.3, -0.25) is 4.79 Å². The van der Waals surface area contributed by atoms with E-state index in [2.05, 4.69) is 16.8 Å². The number of fused-ring (bicyclic) bond motifs is 1. The van der Waals surface area contributed by atoms with Gasteiger partial charge < -0.3 is 14.4 Å². The van der Waals surface area contributed by atoms with Crippen molar-refractivity contribution in [1.29, 1.82) is 0 Å². The minimum Gasteiger partial charge on any atom is -0.339 e. The molecule has 0 saturated carbocycles. The monoisotopic (exact) mass is 448 g/mol. The number of piperazine rings is 1. The number of hydrogen-bond donors (Lipinski definition) is 0. The van der Waals surface area contributed by atoms with E-state index >= 15 is 0 Å². The summed E-state index contributed by atoms with van der Waals surface area (Å²) < 4.78 is 16.1. The average molecular weight is 449 g/mol. The van der Waals surface area contributed by atoms with Crippen LogP contribution in [0.4, 0.5) is 4.39 Å². The summed E-state index contributed by atoms with van der Waals surface area (Å²) in [6.45, 7) is 6.39. The highest BCUT2D eigenvalue weighted by atomic mass is 35.5. The summed E-state index contributed by atoms with van der Waals surface area (Å²) >= 11 is 12.4. The standard InChI is InChI=1S/C22H23Cl2FN4O/c1-2-27-7-9-28(10-8-27)22(30)14-29-20-13-17(24)16(23)12-19(20)26-21(29)11-15-5-3-4-6-18(15)25/h3-6,12-13H,2,7-11,14H2,1H3. The summed E-state index contributed by atoms with van der Waals surface area (Å²) in [4.78, 5) is 21.9. The number of benzene rings is 2. The van der Waals surface area contributed by atoms with Crippen LogP contribution in [-0.4, -0.2) is 58.0 Å². The second-order valence-electron chi connectivity index (χ2n) is 7.45. The molecular formula is C22H23Cl2FN4O. The van der Waals surface area contributed by atoms with Crippen LogP contribution < -0.4 is 0 Å². The number of halogens is 3. The number of amides is 1. The number of hydrogen-bond acceptors (Lipinski definition) is 3. The lowest BCUT2D eigenvalue weighted by molar-refractivity contribution is -0.133. The largest absolute Gasteiger partial charge is 0.339 e. The van der Waals surface area contributed by atoms with Crippen molar-refractivity contribution < 1.29 is 9.18 Å². The summed E-state index contributed by atoms with van der Waals surface area (Å²) in [5.41, 5.74) is 1.88. The zero-order chi connectivity index (χ0) is 21.3. The van der Waals surface area contributed by atoms with Crippen molar-refractivity contribution in [3.8, 4) is 0 Å². The number of nitrogens with zero attached hydrogens (tertiary/aromatic N) is 4. The van der Waals surface area contributed by atoms with Crippen LogP contribution in [0.25, 0.3) is 11.0 Å². The SMILES string of the molecule is CCN1CCN(C(=O)Cn2c(Cc3ccccc3F)nc3cc(Cl)c(Cl)cc32)CC1. The fraction of sp³-hybridized carbons (Fsp3) is 0.364. The van der Waals surface area contributed by atoms with Crippen LogP contribution in [0, 0.1) is 5.82 Å². The smallest absolute Gasteiger partial charge is 0.242 e.